The molecule has 0 saturated carbocycles. The van der Waals surface area contributed by atoms with Gasteiger partial charge in [0.15, 0.2) is 0 Å². The number of amides is 2. The Labute approximate surface area is 137 Å². The highest BCUT2D eigenvalue weighted by atomic mass is 16.5. The van der Waals surface area contributed by atoms with Crippen molar-refractivity contribution in [2.75, 3.05) is 52.5 Å². The molecule has 23 heavy (non-hydrogen) atoms. The van der Waals surface area contributed by atoms with Crippen molar-refractivity contribution in [3.8, 4) is 0 Å². The highest BCUT2D eigenvalue weighted by molar-refractivity contribution is 5.74. The van der Waals surface area contributed by atoms with Gasteiger partial charge in [-0.25, -0.2) is 9.78 Å². The number of hydrogen-bond donors (Lipinski definition) is 1. The molecule has 3 heterocycles. The van der Waals surface area contributed by atoms with E-state index in [1.807, 2.05) is 15.7 Å². The first-order valence-electron chi connectivity index (χ1n) is 8.60. The molecule has 2 fully saturated rings. The van der Waals surface area contributed by atoms with Gasteiger partial charge in [0, 0.05) is 58.2 Å². The van der Waals surface area contributed by atoms with Crippen LogP contribution in [-0.4, -0.2) is 77.9 Å². The van der Waals surface area contributed by atoms with Crippen LogP contribution in [0.4, 0.5) is 4.79 Å². The Morgan fingerprint density at radius 3 is 2.70 bits per heavy atom. The second kappa shape index (κ2) is 8.31. The SMILES string of the molecule is O=C(NCCn1ccnc1)N1CCC(CN2CCOCC2)CC1. The van der Waals surface area contributed by atoms with Gasteiger partial charge in [-0.15, -0.1) is 0 Å². The first kappa shape index (κ1) is 16.3. The molecular formula is C16H27N5O2. The first-order chi connectivity index (χ1) is 11.3. The smallest absolute Gasteiger partial charge is 0.317 e. The maximum Gasteiger partial charge on any atom is 0.317 e. The highest BCUT2D eigenvalue weighted by Gasteiger charge is 2.24. The molecule has 0 unspecified atom stereocenters. The van der Waals surface area contributed by atoms with Crippen LogP contribution in [0.3, 0.4) is 0 Å². The zero-order chi connectivity index (χ0) is 15.9. The van der Waals surface area contributed by atoms with Crippen LogP contribution in [0.2, 0.25) is 0 Å². The van der Waals surface area contributed by atoms with Crippen molar-refractivity contribution >= 4 is 6.03 Å². The topological polar surface area (TPSA) is 62.6 Å². The quantitative estimate of drug-likeness (QED) is 0.864. The van der Waals surface area contributed by atoms with Gasteiger partial charge < -0.3 is 19.5 Å². The van der Waals surface area contributed by atoms with Crippen LogP contribution in [0.1, 0.15) is 12.8 Å². The minimum atomic E-state index is 0.0648. The standard InChI is InChI=1S/C16H27N5O2/c22-16(18-4-8-20-7-3-17-14-20)21-5-1-15(2-6-21)13-19-9-11-23-12-10-19/h3,7,14-15H,1-2,4-6,8-13H2,(H,18,22). The molecule has 1 N–H and O–H groups in total. The fraction of sp³-hybridized carbons (Fsp3) is 0.750. The van der Waals surface area contributed by atoms with Crippen LogP contribution in [0.25, 0.3) is 0 Å². The number of carbonyl (C=O) groups excluding carboxylic acids is 1. The maximum atomic E-state index is 12.2. The summed E-state index contributed by atoms with van der Waals surface area (Å²) in [5.41, 5.74) is 0. The Morgan fingerprint density at radius 2 is 2.00 bits per heavy atom. The van der Waals surface area contributed by atoms with E-state index < -0.39 is 0 Å². The third kappa shape index (κ3) is 4.94. The van der Waals surface area contributed by atoms with Crippen molar-refractivity contribution in [2.45, 2.75) is 19.4 Å². The van der Waals surface area contributed by atoms with E-state index in [0.717, 1.165) is 65.3 Å². The largest absolute Gasteiger partial charge is 0.379 e. The third-order valence-electron chi connectivity index (χ3n) is 4.73. The van der Waals surface area contributed by atoms with Crippen molar-refractivity contribution in [2.24, 2.45) is 5.92 Å². The fourth-order valence-electron chi connectivity index (χ4n) is 3.29. The molecule has 0 spiro atoms. The summed E-state index contributed by atoms with van der Waals surface area (Å²) < 4.78 is 7.36. The van der Waals surface area contributed by atoms with Crippen LogP contribution in [-0.2, 0) is 11.3 Å². The summed E-state index contributed by atoms with van der Waals surface area (Å²) in [6, 6.07) is 0.0648. The molecule has 128 valence electrons. The number of hydrogen-bond acceptors (Lipinski definition) is 4. The lowest BCUT2D eigenvalue weighted by atomic mass is 9.96. The predicted octanol–water partition coefficient (Wildman–Crippen LogP) is 0.637. The highest BCUT2D eigenvalue weighted by Crippen LogP contribution is 2.19. The average Bonchev–Trinajstić information content (AvgIpc) is 3.10. The lowest BCUT2D eigenvalue weighted by molar-refractivity contribution is 0.0258. The molecule has 0 atom stereocenters. The third-order valence-corrected chi connectivity index (χ3v) is 4.73. The second-order valence-corrected chi connectivity index (χ2v) is 6.38. The van der Waals surface area contributed by atoms with Crippen molar-refractivity contribution < 1.29 is 9.53 Å². The summed E-state index contributed by atoms with van der Waals surface area (Å²) in [5.74, 6) is 0.711. The van der Waals surface area contributed by atoms with E-state index in [9.17, 15) is 4.79 Å². The van der Waals surface area contributed by atoms with E-state index >= 15 is 0 Å². The molecule has 7 nitrogen and oxygen atoms in total. The number of nitrogens with zero attached hydrogens (tertiary/aromatic N) is 4. The molecule has 3 rings (SSSR count). The minimum absolute atomic E-state index is 0.0648. The number of ether oxygens (including phenoxy) is 1. The summed E-state index contributed by atoms with van der Waals surface area (Å²) in [4.78, 5) is 20.6. The molecule has 2 amide bonds. The molecule has 2 saturated heterocycles. The van der Waals surface area contributed by atoms with Crippen LogP contribution in [0.15, 0.2) is 18.7 Å². The van der Waals surface area contributed by atoms with Gasteiger partial charge in [-0.05, 0) is 18.8 Å². The Morgan fingerprint density at radius 1 is 1.22 bits per heavy atom. The summed E-state index contributed by atoms with van der Waals surface area (Å²) in [5, 5.41) is 3.00. The minimum Gasteiger partial charge on any atom is -0.379 e. The maximum absolute atomic E-state index is 12.2. The van der Waals surface area contributed by atoms with Gasteiger partial charge in [0.05, 0.1) is 19.5 Å². The Balaban J connectivity index is 1.32. The molecule has 0 bridgehead atoms. The van der Waals surface area contributed by atoms with Crippen LogP contribution < -0.4 is 5.32 Å². The Bertz CT molecular complexity index is 465. The second-order valence-electron chi connectivity index (χ2n) is 6.38. The number of aromatic nitrogens is 2. The van der Waals surface area contributed by atoms with Crippen molar-refractivity contribution in [3.05, 3.63) is 18.7 Å². The number of carbonyl (C=O) groups is 1. The molecule has 2 aliphatic rings. The van der Waals surface area contributed by atoms with E-state index in [-0.39, 0.29) is 6.03 Å². The van der Waals surface area contributed by atoms with E-state index in [1.165, 1.54) is 0 Å². The lowest BCUT2D eigenvalue weighted by Crippen LogP contribution is -2.47. The van der Waals surface area contributed by atoms with Gasteiger partial charge >= 0.3 is 6.03 Å². The summed E-state index contributed by atoms with van der Waals surface area (Å²) in [6.07, 6.45) is 7.63. The van der Waals surface area contributed by atoms with Crippen molar-refractivity contribution in [1.82, 2.24) is 24.7 Å². The lowest BCUT2D eigenvalue weighted by Gasteiger charge is -2.36. The predicted molar refractivity (Wildman–Crippen MR) is 87.2 cm³/mol. The summed E-state index contributed by atoms with van der Waals surface area (Å²) >= 11 is 0. The summed E-state index contributed by atoms with van der Waals surface area (Å²) in [7, 11) is 0. The normalized spacial score (nSPS) is 20.6. The van der Waals surface area contributed by atoms with E-state index in [1.54, 1.807) is 12.5 Å². The number of urea groups is 1. The van der Waals surface area contributed by atoms with E-state index in [2.05, 4.69) is 15.2 Å². The summed E-state index contributed by atoms with van der Waals surface area (Å²) in [6.45, 7) is 8.11. The Hall–Kier alpha value is -1.60. The van der Waals surface area contributed by atoms with Crippen LogP contribution in [0.5, 0.6) is 0 Å². The van der Waals surface area contributed by atoms with Crippen molar-refractivity contribution in [1.29, 1.82) is 0 Å². The monoisotopic (exact) mass is 321 g/mol. The molecule has 0 aliphatic carbocycles. The Kier molecular flexibility index (Phi) is 5.87. The van der Waals surface area contributed by atoms with Crippen molar-refractivity contribution in [3.63, 3.8) is 0 Å². The van der Waals surface area contributed by atoms with Gasteiger partial charge in [0.1, 0.15) is 0 Å². The first-order valence-corrected chi connectivity index (χ1v) is 8.60. The van der Waals surface area contributed by atoms with Gasteiger partial charge in [-0.3, -0.25) is 4.90 Å². The van der Waals surface area contributed by atoms with E-state index in [0.29, 0.717) is 12.5 Å². The van der Waals surface area contributed by atoms with Gasteiger partial charge in [-0.2, -0.15) is 0 Å². The number of likely N-dealkylation sites (tertiary alicyclic amines) is 1. The van der Waals surface area contributed by atoms with Crippen LogP contribution >= 0.6 is 0 Å². The number of imidazole rings is 1. The molecule has 2 aliphatic heterocycles. The fourth-order valence-corrected chi connectivity index (χ4v) is 3.29. The molecule has 1 aromatic heterocycles. The van der Waals surface area contributed by atoms with Crippen LogP contribution in [0, 0.1) is 5.92 Å². The number of morpholine rings is 1. The van der Waals surface area contributed by atoms with Gasteiger partial charge in [0.2, 0.25) is 0 Å². The zero-order valence-electron chi connectivity index (χ0n) is 13.7. The van der Waals surface area contributed by atoms with E-state index in [4.69, 9.17) is 4.74 Å². The molecule has 7 heteroatoms. The molecule has 0 aromatic carbocycles. The van der Waals surface area contributed by atoms with Gasteiger partial charge in [0.25, 0.3) is 0 Å². The average molecular weight is 321 g/mol. The number of nitrogens with one attached hydrogen (secondary N) is 1. The number of rotatable bonds is 5. The zero-order valence-corrected chi connectivity index (χ0v) is 13.7. The van der Waals surface area contributed by atoms with Gasteiger partial charge in [-0.1, -0.05) is 0 Å². The number of piperidine rings is 1. The molecule has 0 radical (unpaired) electrons. The molecular weight excluding hydrogens is 294 g/mol. The molecule has 1 aromatic rings.